The molecule has 0 aromatic heterocycles. The van der Waals surface area contributed by atoms with Crippen LogP contribution in [0.5, 0.6) is 11.5 Å². The topological polar surface area (TPSA) is 102 Å². The van der Waals surface area contributed by atoms with Gasteiger partial charge < -0.3 is 10.1 Å². The van der Waals surface area contributed by atoms with Gasteiger partial charge in [0.05, 0.1) is 4.92 Å². The van der Waals surface area contributed by atoms with Crippen molar-refractivity contribution in [3.05, 3.63) is 57.1 Å². The van der Waals surface area contributed by atoms with Gasteiger partial charge in [0, 0.05) is 38.3 Å². The molecule has 2 aromatic carbocycles. The van der Waals surface area contributed by atoms with Gasteiger partial charge in [0.1, 0.15) is 16.4 Å². The summed E-state index contributed by atoms with van der Waals surface area (Å²) in [4.78, 5) is 10.4. The van der Waals surface area contributed by atoms with Crippen LogP contribution in [0, 0.1) is 30.9 Å². The van der Waals surface area contributed by atoms with E-state index >= 15 is 0 Å². The number of hydrogen-bond donors (Lipinski definition) is 1. The molecule has 2 aromatic rings. The number of benzene rings is 2. The van der Waals surface area contributed by atoms with Gasteiger partial charge in [-0.1, -0.05) is 6.07 Å². The summed E-state index contributed by atoms with van der Waals surface area (Å²) in [5, 5.41) is 14.3. The van der Waals surface area contributed by atoms with Crippen LogP contribution in [0.15, 0.2) is 35.2 Å². The predicted octanol–water partition coefficient (Wildman–Crippen LogP) is 2.91. The maximum absolute atomic E-state index is 13.2. The third kappa shape index (κ3) is 4.01. The summed E-state index contributed by atoms with van der Waals surface area (Å²) >= 11 is 0. The molecule has 28 heavy (non-hydrogen) atoms. The van der Waals surface area contributed by atoms with Gasteiger partial charge in [-0.15, -0.1) is 0 Å². The van der Waals surface area contributed by atoms with Gasteiger partial charge in [0.15, 0.2) is 0 Å². The number of rotatable bonds is 5. The van der Waals surface area contributed by atoms with E-state index < -0.39 is 14.9 Å². The highest BCUT2D eigenvalue weighted by atomic mass is 32.2. The lowest BCUT2D eigenvalue weighted by Gasteiger charge is -2.27. The zero-order chi connectivity index (χ0) is 20.5. The van der Waals surface area contributed by atoms with E-state index in [-0.39, 0.29) is 16.3 Å². The van der Waals surface area contributed by atoms with Crippen molar-refractivity contribution in [3.63, 3.8) is 0 Å². The summed E-state index contributed by atoms with van der Waals surface area (Å²) in [6, 6.07) is 7.51. The predicted molar refractivity (Wildman–Crippen MR) is 105 cm³/mol. The van der Waals surface area contributed by atoms with E-state index in [9.17, 15) is 18.5 Å². The monoisotopic (exact) mass is 405 g/mol. The second-order valence-corrected chi connectivity index (χ2v) is 8.76. The second kappa shape index (κ2) is 7.86. The van der Waals surface area contributed by atoms with Crippen LogP contribution in [-0.4, -0.2) is 43.8 Å². The van der Waals surface area contributed by atoms with Crippen LogP contribution >= 0.6 is 0 Å². The highest BCUT2D eigenvalue weighted by Crippen LogP contribution is 2.36. The first-order chi connectivity index (χ1) is 13.2. The third-order valence-electron chi connectivity index (χ3n) is 4.82. The molecule has 1 heterocycles. The Bertz CT molecular complexity index is 1010. The minimum atomic E-state index is -3.94. The number of nitro benzene ring substituents is 1. The van der Waals surface area contributed by atoms with Crippen molar-refractivity contribution >= 4 is 15.7 Å². The quantitative estimate of drug-likeness (QED) is 0.606. The third-order valence-corrected chi connectivity index (χ3v) is 6.74. The van der Waals surface area contributed by atoms with Crippen molar-refractivity contribution in [2.45, 2.75) is 25.7 Å². The van der Waals surface area contributed by atoms with Gasteiger partial charge in [-0.3, -0.25) is 10.1 Å². The lowest BCUT2D eigenvalue weighted by atomic mass is 10.1. The normalized spacial score (nSPS) is 15.4. The highest BCUT2D eigenvalue weighted by Gasteiger charge is 2.31. The number of nitro groups is 1. The van der Waals surface area contributed by atoms with E-state index in [2.05, 4.69) is 5.32 Å². The first-order valence-corrected chi connectivity index (χ1v) is 10.4. The molecular formula is C19H23N3O5S. The zero-order valence-corrected chi connectivity index (χ0v) is 16.9. The Kier molecular flexibility index (Phi) is 5.69. The van der Waals surface area contributed by atoms with Gasteiger partial charge in [-0.2, -0.15) is 4.31 Å². The van der Waals surface area contributed by atoms with E-state index in [0.29, 0.717) is 31.9 Å². The second-order valence-electron chi connectivity index (χ2n) is 6.85. The van der Waals surface area contributed by atoms with Crippen LogP contribution in [0.3, 0.4) is 0 Å². The molecule has 0 amide bonds. The molecule has 0 unspecified atom stereocenters. The first kappa shape index (κ1) is 20.2. The molecule has 0 radical (unpaired) electrons. The molecule has 150 valence electrons. The highest BCUT2D eigenvalue weighted by molar-refractivity contribution is 7.89. The average molecular weight is 405 g/mol. The summed E-state index contributed by atoms with van der Waals surface area (Å²) < 4.78 is 33.7. The Hall–Kier alpha value is -2.49. The smallest absolute Gasteiger partial charge is 0.271 e. The molecule has 1 aliphatic rings. The SMILES string of the molecule is Cc1cc(C)c(C)c(Oc2ccc([N+](=O)[O-])cc2S(=O)(=O)N2CCNCC2)c1. The summed E-state index contributed by atoms with van der Waals surface area (Å²) in [7, 11) is -3.94. The molecule has 9 heteroatoms. The van der Waals surface area contributed by atoms with Crippen LogP contribution in [0.25, 0.3) is 0 Å². The Morgan fingerprint density at radius 2 is 1.75 bits per heavy atom. The lowest BCUT2D eigenvalue weighted by Crippen LogP contribution is -2.46. The van der Waals surface area contributed by atoms with E-state index in [1.165, 1.54) is 16.4 Å². The van der Waals surface area contributed by atoms with E-state index in [1.54, 1.807) is 0 Å². The molecule has 1 N–H and O–H groups in total. The minimum Gasteiger partial charge on any atom is -0.456 e. The summed E-state index contributed by atoms with van der Waals surface area (Å²) in [6.45, 7) is 7.41. The number of aryl methyl sites for hydroxylation is 2. The Morgan fingerprint density at radius 1 is 1.07 bits per heavy atom. The average Bonchev–Trinajstić information content (AvgIpc) is 2.66. The van der Waals surface area contributed by atoms with Gasteiger partial charge in [0.2, 0.25) is 10.0 Å². The molecule has 0 saturated carbocycles. The summed E-state index contributed by atoms with van der Waals surface area (Å²) in [5.74, 6) is 0.611. The summed E-state index contributed by atoms with van der Waals surface area (Å²) in [5.41, 5.74) is 2.59. The van der Waals surface area contributed by atoms with Crippen molar-refractivity contribution < 1.29 is 18.1 Å². The van der Waals surface area contributed by atoms with E-state index in [4.69, 9.17) is 4.74 Å². The van der Waals surface area contributed by atoms with Crippen LogP contribution in [0.4, 0.5) is 5.69 Å². The maximum Gasteiger partial charge on any atom is 0.271 e. The van der Waals surface area contributed by atoms with Gasteiger partial charge >= 0.3 is 0 Å². The van der Waals surface area contributed by atoms with Crippen LogP contribution in [0.1, 0.15) is 16.7 Å². The Balaban J connectivity index is 2.10. The van der Waals surface area contributed by atoms with E-state index in [1.807, 2.05) is 32.9 Å². The maximum atomic E-state index is 13.2. The van der Waals surface area contributed by atoms with Gasteiger partial charge in [-0.25, -0.2) is 8.42 Å². The Labute approximate surface area is 164 Å². The molecule has 3 rings (SSSR count). The molecule has 8 nitrogen and oxygen atoms in total. The standard InChI is InChI=1S/C19H23N3O5S/c1-13-10-14(2)15(3)18(11-13)27-17-5-4-16(22(23)24)12-19(17)28(25,26)21-8-6-20-7-9-21/h4-5,10-12,20H,6-9H2,1-3H3. The lowest BCUT2D eigenvalue weighted by molar-refractivity contribution is -0.385. The van der Waals surface area contributed by atoms with Crippen molar-refractivity contribution in [1.29, 1.82) is 0 Å². The molecule has 1 saturated heterocycles. The Morgan fingerprint density at radius 3 is 2.39 bits per heavy atom. The van der Waals surface area contributed by atoms with Crippen molar-refractivity contribution in [2.75, 3.05) is 26.2 Å². The van der Waals surface area contributed by atoms with Gasteiger partial charge in [-0.05, 0) is 49.6 Å². The molecular weight excluding hydrogens is 382 g/mol. The molecule has 0 bridgehead atoms. The van der Waals surface area contributed by atoms with Crippen LogP contribution in [-0.2, 0) is 10.0 Å². The fourth-order valence-corrected chi connectivity index (χ4v) is 4.72. The molecule has 0 atom stereocenters. The molecule has 0 spiro atoms. The van der Waals surface area contributed by atoms with Gasteiger partial charge in [0.25, 0.3) is 5.69 Å². The van der Waals surface area contributed by atoms with Crippen molar-refractivity contribution in [1.82, 2.24) is 9.62 Å². The van der Waals surface area contributed by atoms with Crippen LogP contribution in [0.2, 0.25) is 0 Å². The number of non-ortho nitro benzene ring substituents is 1. The fourth-order valence-electron chi connectivity index (χ4n) is 3.15. The summed E-state index contributed by atoms with van der Waals surface area (Å²) in [6.07, 6.45) is 0. The number of sulfonamides is 1. The molecule has 0 aliphatic carbocycles. The van der Waals surface area contributed by atoms with Crippen molar-refractivity contribution in [3.8, 4) is 11.5 Å². The first-order valence-electron chi connectivity index (χ1n) is 8.95. The fraction of sp³-hybridized carbons (Fsp3) is 0.368. The number of nitrogens with zero attached hydrogens (tertiary/aromatic N) is 2. The number of piperazine rings is 1. The number of ether oxygens (including phenoxy) is 1. The number of hydrogen-bond acceptors (Lipinski definition) is 6. The molecule has 1 aliphatic heterocycles. The van der Waals surface area contributed by atoms with Crippen LogP contribution < -0.4 is 10.1 Å². The van der Waals surface area contributed by atoms with E-state index in [0.717, 1.165) is 22.8 Å². The zero-order valence-electron chi connectivity index (χ0n) is 16.1. The molecule has 1 fully saturated rings. The minimum absolute atomic E-state index is 0.0808. The van der Waals surface area contributed by atoms with Crippen molar-refractivity contribution in [2.24, 2.45) is 0 Å². The number of nitrogens with one attached hydrogen (secondary N) is 1. The largest absolute Gasteiger partial charge is 0.456 e.